The smallest absolute Gasteiger partial charge is 0.290 e. The van der Waals surface area contributed by atoms with Crippen LogP contribution in [0.2, 0.25) is 5.22 Å². The first kappa shape index (κ1) is 14.2. The fourth-order valence-corrected chi connectivity index (χ4v) is 2.84. The quantitative estimate of drug-likeness (QED) is 0.855. The SMILES string of the molecule is CN1CCN(C(=O)c2ccc(Cl)o2)C(c2ccccc2)C1. The van der Waals surface area contributed by atoms with Crippen molar-refractivity contribution in [3.8, 4) is 0 Å². The Bertz CT molecular complexity index is 626. The summed E-state index contributed by atoms with van der Waals surface area (Å²) in [5.74, 6) is 0.189. The molecule has 0 N–H and O–H groups in total. The molecular formula is C16H17ClN2O2. The molecule has 5 heteroatoms. The van der Waals surface area contributed by atoms with Crippen LogP contribution < -0.4 is 0 Å². The average Bonchev–Trinajstić information content (AvgIpc) is 2.94. The predicted octanol–water partition coefficient (Wildman–Crippen LogP) is 3.06. The van der Waals surface area contributed by atoms with Crippen LogP contribution in [-0.2, 0) is 0 Å². The Morgan fingerprint density at radius 2 is 1.95 bits per heavy atom. The van der Waals surface area contributed by atoms with Crippen molar-refractivity contribution in [3.05, 3.63) is 59.0 Å². The second-order valence-electron chi connectivity index (χ2n) is 5.29. The first-order valence-electron chi connectivity index (χ1n) is 6.95. The van der Waals surface area contributed by atoms with Crippen LogP contribution in [0.25, 0.3) is 0 Å². The number of rotatable bonds is 2. The van der Waals surface area contributed by atoms with Crippen molar-refractivity contribution in [1.82, 2.24) is 9.80 Å². The van der Waals surface area contributed by atoms with Gasteiger partial charge in [0.1, 0.15) is 0 Å². The predicted molar refractivity (Wildman–Crippen MR) is 81.4 cm³/mol. The number of furan rings is 1. The van der Waals surface area contributed by atoms with Gasteiger partial charge in [-0.1, -0.05) is 30.3 Å². The molecule has 0 saturated carbocycles. The van der Waals surface area contributed by atoms with E-state index in [1.54, 1.807) is 12.1 Å². The van der Waals surface area contributed by atoms with E-state index >= 15 is 0 Å². The molecule has 1 aromatic carbocycles. The summed E-state index contributed by atoms with van der Waals surface area (Å²) in [7, 11) is 2.07. The topological polar surface area (TPSA) is 36.7 Å². The molecule has 1 amide bonds. The van der Waals surface area contributed by atoms with E-state index in [1.807, 2.05) is 23.1 Å². The van der Waals surface area contributed by atoms with Crippen molar-refractivity contribution in [2.24, 2.45) is 0 Å². The normalized spacial score (nSPS) is 19.7. The number of halogens is 1. The van der Waals surface area contributed by atoms with Gasteiger partial charge in [0.2, 0.25) is 0 Å². The second kappa shape index (κ2) is 5.92. The highest BCUT2D eigenvalue weighted by atomic mass is 35.5. The number of hydrogen-bond acceptors (Lipinski definition) is 3. The molecule has 110 valence electrons. The van der Waals surface area contributed by atoms with E-state index in [2.05, 4.69) is 24.1 Å². The summed E-state index contributed by atoms with van der Waals surface area (Å²) in [5.41, 5.74) is 1.13. The summed E-state index contributed by atoms with van der Waals surface area (Å²) in [6, 6.07) is 13.3. The Labute approximate surface area is 128 Å². The average molecular weight is 305 g/mol. The van der Waals surface area contributed by atoms with E-state index in [0.29, 0.717) is 12.3 Å². The van der Waals surface area contributed by atoms with E-state index in [9.17, 15) is 4.79 Å². The molecule has 3 rings (SSSR count). The van der Waals surface area contributed by atoms with Gasteiger partial charge in [-0.25, -0.2) is 0 Å². The van der Waals surface area contributed by atoms with Crippen LogP contribution in [0, 0.1) is 0 Å². The van der Waals surface area contributed by atoms with Gasteiger partial charge in [-0.15, -0.1) is 0 Å². The van der Waals surface area contributed by atoms with E-state index in [0.717, 1.165) is 18.7 Å². The number of carbonyl (C=O) groups is 1. The molecule has 1 aromatic heterocycles. The van der Waals surface area contributed by atoms with Crippen LogP contribution in [0.3, 0.4) is 0 Å². The third-order valence-corrected chi connectivity index (χ3v) is 4.02. The fourth-order valence-electron chi connectivity index (χ4n) is 2.69. The Morgan fingerprint density at radius 3 is 2.62 bits per heavy atom. The molecule has 1 aliphatic heterocycles. The van der Waals surface area contributed by atoms with Crippen molar-refractivity contribution >= 4 is 17.5 Å². The first-order chi connectivity index (χ1) is 10.1. The van der Waals surface area contributed by atoms with Gasteiger partial charge in [-0.3, -0.25) is 4.79 Å². The van der Waals surface area contributed by atoms with Gasteiger partial charge in [0.05, 0.1) is 6.04 Å². The number of benzene rings is 1. The fraction of sp³-hybridized carbons (Fsp3) is 0.312. The highest BCUT2D eigenvalue weighted by Gasteiger charge is 2.32. The number of likely N-dealkylation sites (N-methyl/N-ethyl adjacent to an activating group) is 1. The molecule has 0 radical (unpaired) electrons. The minimum Gasteiger partial charge on any atom is -0.440 e. The molecular weight excluding hydrogens is 288 g/mol. The maximum Gasteiger partial charge on any atom is 0.290 e. The van der Waals surface area contributed by atoms with E-state index in [4.69, 9.17) is 16.0 Å². The van der Waals surface area contributed by atoms with Crippen LogP contribution in [-0.4, -0.2) is 42.4 Å². The summed E-state index contributed by atoms with van der Waals surface area (Å²) in [6.45, 7) is 2.33. The molecule has 0 spiro atoms. The van der Waals surface area contributed by atoms with Crippen molar-refractivity contribution in [3.63, 3.8) is 0 Å². The summed E-state index contributed by atoms with van der Waals surface area (Å²) in [6.07, 6.45) is 0. The van der Waals surface area contributed by atoms with Crippen molar-refractivity contribution < 1.29 is 9.21 Å². The molecule has 4 nitrogen and oxygen atoms in total. The monoisotopic (exact) mass is 304 g/mol. The molecule has 1 saturated heterocycles. The maximum atomic E-state index is 12.7. The van der Waals surface area contributed by atoms with E-state index < -0.39 is 0 Å². The molecule has 1 unspecified atom stereocenters. The third kappa shape index (κ3) is 2.96. The Hall–Kier alpha value is -1.78. The summed E-state index contributed by atoms with van der Waals surface area (Å²) >= 11 is 5.77. The van der Waals surface area contributed by atoms with Gasteiger partial charge < -0.3 is 14.2 Å². The molecule has 21 heavy (non-hydrogen) atoms. The van der Waals surface area contributed by atoms with Crippen LogP contribution in [0.5, 0.6) is 0 Å². The molecule has 1 atom stereocenters. The number of hydrogen-bond donors (Lipinski definition) is 0. The molecule has 0 bridgehead atoms. The number of amides is 1. The molecule has 2 aromatic rings. The zero-order chi connectivity index (χ0) is 14.8. The first-order valence-corrected chi connectivity index (χ1v) is 7.33. The molecule has 0 aliphatic carbocycles. The van der Waals surface area contributed by atoms with Crippen LogP contribution in [0.4, 0.5) is 0 Å². The Morgan fingerprint density at radius 1 is 1.19 bits per heavy atom. The Kier molecular flexibility index (Phi) is 3.99. The zero-order valence-corrected chi connectivity index (χ0v) is 12.6. The summed E-state index contributed by atoms with van der Waals surface area (Å²) in [5, 5.41) is 0.240. The van der Waals surface area contributed by atoms with Crippen LogP contribution >= 0.6 is 11.6 Å². The van der Waals surface area contributed by atoms with Crippen molar-refractivity contribution in [2.75, 3.05) is 26.7 Å². The standard InChI is InChI=1S/C16H17ClN2O2/c1-18-9-10-19(16(20)14-7-8-15(17)21-14)13(11-18)12-5-3-2-4-6-12/h2-8,13H,9-11H2,1H3. The zero-order valence-electron chi connectivity index (χ0n) is 11.8. The van der Waals surface area contributed by atoms with Gasteiger partial charge in [-0.2, -0.15) is 0 Å². The van der Waals surface area contributed by atoms with E-state index in [-0.39, 0.29) is 17.2 Å². The highest BCUT2D eigenvalue weighted by molar-refractivity contribution is 6.29. The minimum absolute atomic E-state index is 0.0290. The summed E-state index contributed by atoms with van der Waals surface area (Å²) < 4.78 is 5.27. The van der Waals surface area contributed by atoms with Crippen molar-refractivity contribution in [2.45, 2.75) is 6.04 Å². The minimum atomic E-state index is -0.108. The van der Waals surface area contributed by atoms with Gasteiger partial charge in [0, 0.05) is 19.6 Å². The van der Waals surface area contributed by atoms with Crippen LogP contribution in [0.1, 0.15) is 22.2 Å². The van der Waals surface area contributed by atoms with Gasteiger partial charge in [-0.05, 0) is 36.3 Å². The molecule has 1 aliphatic rings. The number of carbonyl (C=O) groups excluding carboxylic acids is 1. The maximum absolute atomic E-state index is 12.7. The molecule has 2 heterocycles. The van der Waals surface area contributed by atoms with Crippen molar-refractivity contribution in [1.29, 1.82) is 0 Å². The second-order valence-corrected chi connectivity index (χ2v) is 5.66. The lowest BCUT2D eigenvalue weighted by Gasteiger charge is -2.39. The van der Waals surface area contributed by atoms with Gasteiger partial charge in [0.15, 0.2) is 11.0 Å². The number of piperazine rings is 1. The van der Waals surface area contributed by atoms with E-state index in [1.165, 1.54) is 0 Å². The highest BCUT2D eigenvalue weighted by Crippen LogP contribution is 2.27. The lowest BCUT2D eigenvalue weighted by molar-refractivity contribution is 0.0468. The lowest BCUT2D eigenvalue weighted by atomic mass is 10.0. The van der Waals surface area contributed by atoms with Crippen LogP contribution in [0.15, 0.2) is 46.9 Å². The number of nitrogens with zero attached hydrogens (tertiary/aromatic N) is 2. The third-order valence-electron chi connectivity index (χ3n) is 3.81. The summed E-state index contributed by atoms with van der Waals surface area (Å²) in [4.78, 5) is 16.8. The lowest BCUT2D eigenvalue weighted by Crippen LogP contribution is -2.49. The van der Waals surface area contributed by atoms with Gasteiger partial charge >= 0.3 is 0 Å². The molecule has 1 fully saturated rings. The largest absolute Gasteiger partial charge is 0.440 e. The van der Waals surface area contributed by atoms with Gasteiger partial charge in [0.25, 0.3) is 5.91 Å². The Balaban J connectivity index is 1.89.